The number of amides is 1. The number of benzene rings is 1. The highest BCUT2D eigenvalue weighted by molar-refractivity contribution is 6.30. The van der Waals surface area contributed by atoms with Gasteiger partial charge in [0.15, 0.2) is 0 Å². The molecule has 0 bridgehead atoms. The fraction of sp³-hybridized carbons (Fsp3) is 0.571. The lowest BCUT2D eigenvalue weighted by Crippen LogP contribution is -2.58. The number of rotatable bonds is 4. The second kappa shape index (κ2) is 7.48. The zero-order valence-corrected chi connectivity index (χ0v) is 17.9. The largest absolute Gasteiger partial charge is 0.426 e. The Morgan fingerprint density at radius 1 is 1.26 bits per heavy atom. The Morgan fingerprint density at radius 3 is 2.45 bits per heavy atom. The van der Waals surface area contributed by atoms with Crippen molar-refractivity contribution in [3.05, 3.63) is 35.2 Å². The summed E-state index contributed by atoms with van der Waals surface area (Å²) < 4.78 is 45.2. The summed E-state index contributed by atoms with van der Waals surface area (Å²) in [5, 5.41) is 18.8. The molecule has 2 fully saturated rings. The van der Waals surface area contributed by atoms with Gasteiger partial charge >= 0.3 is 6.18 Å². The zero-order chi connectivity index (χ0) is 22.6. The molecule has 4 rings (SSSR count). The van der Waals surface area contributed by atoms with Crippen molar-refractivity contribution in [2.45, 2.75) is 50.3 Å². The Morgan fingerprint density at radius 2 is 1.90 bits per heavy atom. The Kier molecular flexibility index (Phi) is 5.33. The summed E-state index contributed by atoms with van der Waals surface area (Å²) >= 11 is 5.92. The van der Waals surface area contributed by atoms with Gasteiger partial charge in [0.2, 0.25) is 17.4 Å². The minimum Gasteiger partial charge on any atom is -0.420 e. The van der Waals surface area contributed by atoms with Crippen molar-refractivity contribution in [1.82, 2.24) is 15.1 Å². The number of likely N-dealkylation sites (tertiary alicyclic amines) is 1. The van der Waals surface area contributed by atoms with Crippen LogP contribution in [-0.2, 0) is 10.2 Å². The lowest BCUT2D eigenvalue weighted by molar-refractivity contribution is -0.251. The second-order valence-electron chi connectivity index (χ2n) is 8.77. The molecule has 1 aliphatic heterocycles. The fourth-order valence-electron chi connectivity index (χ4n) is 4.59. The van der Waals surface area contributed by atoms with Crippen LogP contribution in [0.3, 0.4) is 0 Å². The van der Waals surface area contributed by atoms with E-state index < -0.39 is 17.7 Å². The van der Waals surface area contributed by atoms with Crippen molar-refractivity contribution in [3.63, 3.8) is 0 Å². The summed E-state index contributed by atoms with van der Waals surface area (Å²) in [7, 11) is 0. The number of halogens is 4. The van der Waals surface area contributed by atoms with Gasteiger partial charge in [0, 0.05) is 23.7 Å². The molecule has 1 saturated carbocycles. The minimum absolute atomic E-state index is 0.0879. The van der Waals surface area contributed by atoms with Crippen LogP contribution in [-0.4, -0.2) is 51.0 Å². The van der Waals surface area contributed by atoms with Gasteiger partial charge in [-0.15, -0.1) is 10.2 Å². The molecular formula is C21H23ClF3N3O3. The fourth-order valence-corrected chi connectivity index (χ4v) is 4.72. The highest BCUT2D eigenvalue weighted by Crippen LogP contribution is 2.58. The molecule has 0 spiro atoms. The summed E-state index contributed by atoms with van der Waals surface area (Å²) in [6, 6.07) is 7.05. The maximum absolute atomic E-state index is 13.1. The van der Waals surface area contributed by atoms with Crippen molar-refractivity contribution in [2.75, 3.05) is 13.1 Å². The van der Waals surface area contributed by atoms with Crippen molar-refractivity contribution < 1.29 is 27.5 Å². The van der Waals surface area contributed by atoms with Gasteiger partial charge in [-0.05, 0) is 62.3 Å². The van der Waals surface area contributed by atoms with Crippen molar-refractivity contribution in [1.29, 1.82) is 0 Å². The third kappa shape index (κ3) is 3.82. The lowest BCUT2D eigenvalue weighted by Gasteiger charge is -2.42. The van der Waals surface area contributed by atoms with Gasteiger partial charge in [0.25, 0.3) is 5.91 Å². The van der Waals surface area contributed by atoms with Gasteiger partial charge in [-0.25, -0.2) is 0 Å². The van der Waals surface area contributed by atoms with Crippen LogP contribution in [0.25, 0.3) is 11.5 Å². The highest BCUT2D eigenvalue weighted by atomic mass is 35.5. The number of aliphatic hydroxyl groups is 1. The molecule has 31 heavy (non-hydrogen) atoms. The zero-order valence-electron chi connectivity index (χ0n) is 17.1. The van der Waals surface area contributed by atoms with Gasteiger partial charge in [0.1, 0.15) is 0 Å². The summed E-state index contributed by atoms with van der Waals surface area (Å²) in [5.74, 6) is -0.394. The average molecular weight is 458 g/mol. The number of hydrogen-bond donors (Lipinski definition) is 1. The molecule has 0 radical (unpaired) electrons. The molecule has 1 aromatic carbocycles. The Balaban J connectivity index is 1.49. The normalized spacial score (nSPS) is 25.2. The smallest absolute Gasteiger partial charge is 0.420 e. The monoisotopic (exact) mass is 457 g/mol. The molecule has 1 aliphatic carbocycles. The van der Waals surface area contributed by atoms with E-state index in [-0.39, 0.29) is 30.3 Å². The number of nitrogens with zero attached hydrogens (tertiary/aromatic N) is 3. The van der Waals surface area contributed by atoms with E-state index in [1.165, 1.54) is 0 Å². The molecule has 10 heteroatoms. The summed E-state index contributed by atoms with van der Waals surface area (Å²) in [6.07, 6.45) is -2.83. The molecule has 1 aromatic heterocycles. The van der Waals surface area contributed by atoms with Gasteiger partial charge < -0.3 is 14.4 Å². The third-order valence-electron chi connectivity index (χ3n) is 6.60. The van der Waals surface area contributed by atoms with E-state index >= 15 is 0 Å². The van der Waals surface area contributed by atoms with E-state index in [2.05, 4.69) is 10.2 Å². The van der Waals surface area contributed by atoms with Crippen LogP contribution in [0.2, 0.25) is 5.02 Å². The molecule has 3 atom stereocenters. The second-order valence-corrected chi connectivity index (χ2v) is 9.21. The maximum atomic E-state index is 13.1. The van der Waals surface area contributed by atoms with Gasteiger partial charge in [-0.2, -0.15) is 13.2 Å². The molecule has 168 valence electrons. The van der Waals surface area contributed by atoms with E-state index in [9.17, 15) is 23.1 Å². The summed E-state index contributed by atoms with van der Waals surface area (Å²) in [6.45, 7) is 2.68. The van der Waals surface area contributed by atoms with Gasteiger partial charge in [-0.3, -0.25) is 4.79 Å². The maximum Gasteiger partial charge on any atom is 0.426 e. The molecule has 2 aromatic rings. The number of piperidine rings is 1. The molecule has 2 aliphatic rings. The first-order chi connectivity index (χ1) is 14.5. The van der Waals surface area contributed by atoms with Gasteiger partial charge in [-0.1, -0.05) is 18.5 Å². The number of alkyl halides is 3. The summed E-state index contributed by atoms with van der Waals surface area (Å²) in [4.78, 5) is 13.5. The Hall–Kier alpha value is -2.13. The predicted octanol–water partition coefficient (Wildman–Crippen LogP) is 4.22. The lowest BCUT2D eigenvalue weighted by atomic mass is 9.74. The van der Waals surface area contributed by atoms with E-state index in [1.807, 2.05) is 6.92 Å². The van der Waals surface area contributed by atoms with E-state index in [0.717, 1.165) is 23.3 Å². The molecule has 6 nitrogen and oxygen atoms in total. The standard InChI is InChI=1S/C21H23ClF3N3O3/c1-12-11-28(18(29)19(2,30)21(23,24)25)10-7-15(12)20(8-9-20)17-27-26-16(31-17)13-3-5-14(22)6-4-13/h3-6,12,15,30H,7-11H2,1-2H3/t12-,15?,19-/m1/s1. The first-order valence-corrected chi connectivity index (χ1v) is 10.5. The first kappa shape index (κ1) is 22.1. The van der Waals surface area contributed by atoms with Crippen molar-refractivity contribution in [3.8, 4) is 11.5 Å². The van der Waals surface area contributed by atoms with Crippen LogP contribution in [0, 0.1) is 11.8 Å². The van der Waals surface area contributed by atoms with E-state index in [0.29, 0.717) is 30.1 Å². The molecule has 1 amide bonds. The molecule has 2 heterocycles. The number of hydrogen-bond acceptors (Lipinski definition) is 5. The number of aromatic nitrogens is 2. The van der Waals surface area contributed by atoms with Crippen molar-refractivity contribution >= 4 is 17.5 Å². The van der Waals surface area contributed by atoms with Crippen LogP contribution in [0.1, 0.15) is 39.0 Å². The molecule has 1 unspecified atom stereocenters. The highest BCUT2D eigenvalue weighted by Gasteiger charge is 2.60. The average Bonchev–Trinajstić information content (AvgIpc) is 3.35. The Labute approximate surface area is 182 Å². The predicted molar refractivity (Wildman–Crippen MR) is 106 cm³/mol. The van der Waals surface area contributed by atoms with Gasteiger partial charge in [0.05, 0.1) is 5.41 Å². The third-order valence-corrected chi connectivity index (χ3v) is 6.85. The molecule has 1 saturated heterocycles. The SMILES string of the molecule is C[C@@H]1CN(C(=O)[C@@](C)(O)C(F)(F)F)CCC1C1(c2nnc(-c3ccc(Cl)cc3)o2)CC1. The van der Waals surface area contributed by atoms with Crippen LogP contribution in [0.4, 0.5) is 13.2 Å². The van der Waals surface area contributed by atoms with Crippen LogP contribution in [0.5, 0.6) is 0 Å². The van der Waals surface area contributed by atoms with E-state index in [1.54, 1.807) is 24.3 Å². The quantitative estimate of drug-likeness (QED) is 0.743. The summed E-state index contributed by atoms with van der Waals surface area (Å²) in [5.41, 5.74) is -2.96. The Bertz CT molecular complexity index is 970. The topological polar surface area (TPSA) is 79.5 Å². The minimum atomic E-state index is -5.02. The molecular weight excluding hydrogens is 435 g/mol. The number of carbonyl (C=O) groups is 1. The van der Waals surface area contributed by atoms with Crippen LogP contribution < -0.4 is 0 Å². The first-order valence-electron chi connectivity index (χ1n) is 10.1. The van der Waals surface area contributed by atoms with Crippen molar-refractivity contribution in [2.24, 2.45) is 11.8 Å². The van der Waals surface area contributed by atoms with Crippen LogP contribution in [0.15, 0.2) is 28.7 Å². The molecule has 1 N–H and O–H groups in total. The number of carbonyl (C=O) groups excluding carboxylic acids is 1. The van der Waals surface area contributed by atoms with E-state index in [4.69, 9.17) is 16.0 Å². The van der Waals surface area contributed by atoms with Crippen LogP contribution >= 0.6 is 11.6 Å².